The van der Waals surface area contributed by atoms with Crippen molar-refractivity contribution >= 4 is 35.0 Å². The Hall–Kier alpha value is -3.68. The van der Waals surface area contributed by atoms with Crippen molar-refractivity contribution in [3.05, 3.63) is 59.7 Å². The highest BCUT2D eigenvalue weighted by atomic mass is 16.2. The summed E-state index contributed by atoms with van der Waals surface area (Å²) in [6.07, 6.45) is 4.01. The number of nitrogens with zero attached hydrogens (tertiary/aromatic N) is 2. The number of rotatable bonds is 7. The largest absolute Gasteiger partial charge is 0.339 e. The molecule has 0 unspecified atom stereocenters. The number of benzene rings is 2. The van der Waals surface area contributed by atoms with Crippen molar-refractivity contribution in [2.45, 2.75) is 52.4 Å². The van der Waals surface area contributed by atoms with Gasteiger partial charge in [-0.15, -0.1) is 0 Å². The second-order valence-electron chi connectivity index (χ2n) is 10.7. The van der Waals surface area contributed by atoms with Crippen LogP contribution < -0.4 is 10.6 Å². The number of anilines is 2. The zero-order valence-electron chi connectivity index (χ0n) is 22.4. The van der Waals surface area contributed by atoms with Crippen LogP contribution >= 0.6 is 0 Å². The minimum absolute atomic E-state index is 0.00138. The average molecular weight is 519 g/mol. The van der Waals surface area contributed by atoms with Crippen LogP contribution in [0.1, 0.15) is 73.1 Å². The smallest absolute Gasteiger partial charge is 0.253 e. The summed E-state index contributed by atoms with van der Waals surface area (Å²) < 4.78 is 0. The molecule has 0 saturated carbocycles. The topological polar surface area (TPSA) is 98.8 Å². The molecule has 2 aromatic rings. The Morgan fingerprint density at radius 2 is 1.03 bits per heavy atom. The Kier molecular flexibility index (Phi) is 9.15. The van der Waals surface area contributed by atoms with Gasteiger partial charge in [0, 0.05) is 61.5 Å². The third-order valence-corrected chi connectivity index (χ3v) is 7.51. The van der Waals surface area contributed by atoms with Crippen LogP contribution in [-0.2, 0) is 9.59 Å². The van der Waals surface area contributed by atoms with Crippen LogP contribution in [0.4, 0.5) is 11.4 Å². The van der Waals surface area contributed by atoms with E-state index in [9.17, 15) is 19.2 Å². The second kappa shape index (κ2) is 12.7. The summed E-state index contributed by atoms with van der Waals surface area (Å²) in [6.45, 7) is 7.40. The van der Waals surface area contributed by atoms with E-state index >= 15 is 0 Å². The van der Waals surface area contributed by atoms with Crippen molar-refractivity contribution in [1.82, 2.24) is 9.80 Å². The first kappa shape index (κ1) is 27.4. The summed E-state index contributed by atoms with van der Waals surface area (Å²) in [5.41, 5.74) is 2.15. The number of nitrogens with one attached hydrogen (secondary N) is 2. The van der Waals surface area contributed by atoms with E-state index < -0.39 is 0 Å². The first-order chi connectivity index (χ1) is 18.3. The van der Waals surface area contributed by atoms with Gasteiger partial charge in [-0.05, 0) is 73.9 Å². The lowest BCUT2D eigenvalue weighted by Crippen LogP contribution is -2.37. The molecular formula is C30H38N4O4. The molecule has 2 heterocycles. The van der Waals surface area contributed by atoms with Crippen LogP contribution in [0.25, 0.3) is 0 Å². The van der Waals surface area contributed by atoms with Crippen LogP contribution in [0.3, 0.4) is 0 Å². The van der Waals surface area contributed by atoms with Crippen molar-refractivity contribution in [3.8, 4) is 0 Å². The van der Waals surface area contributed by atoms with Crippen molar-refractivity contribution in [1.29, 1.82) is 0 Å². The Labute approximate surface area is 224 Å². The Morgan fingerprint density at radius 3 is 1.39 bits per heavy atom. The average Bonchev–Trinajstić information content (AvgIpc) is 2.92. The summed E-state index contributed by atoms with van der Waals surface area (Å²) in [6, 6.07) is 13.9. The van der Waals surface area contributed by atoms with Gasteiger partial charge in [0.2, 0.25) is 11.8 Å². The monoisotopic (exact) mass is 518 g/mol. The standard InChI is InChI=1S/C30H38N4O4/c1-21-11-15-33(16-12-21)29(37)23-5-3-7-25(19-23)31-27(35)9-10-28(36)32-26-8-4-6-24(20-26)30(38)34-17-13-22(2)14-18-34/h3-8,19-22H,9-18H2,1-2H3,(H,31,35)(H,32,36). The Bertz CT molecular complexity index is 1070. The van der Waals surface area contributed by atoms with Crippen molar-refractivity contribution in [2.24, 2.45) is 11.8 Å². The molecule has 8 nitrogen and oxygen atoms in total. The molecule has 0 aromatic heterocycles. The van der Waals surface area contributed by atoms with E-state index in [1.807, 2.05) is 9.80 Å². The van der Waals surface area contributed by atoms with Crippen molar-refractivity contribution < 1.29 is 19.2 Å². The van der Waals surface area contributed by atoms with Gasteiger partial charge < -0.3 is 20.4 Å². The maximum Gasteiger partial charge on any atom is 0.253 e. The molecule has 202 valence electrons. The van der Waals surface area contributed by atoms with Gasteiger partial charge in [0.05, 0.1) is 0 Å². The number of hydrogen-bond acceptors (Lipinski definition) is 4. The molecule has 0 atom stereocenters. The molecule has 0 radical (unpaired) electrons. The molecule has 2 aliphatic heterocycles. The van der Waals surface area contributed by atoms with Gasteiger partial charge in [0.15, 0.2) is 0 Å². The van der Waals surface area contributed by atoms with Crippen molar-refractivity contribution in [3.63, 3.8) is 0 Å². The highest BCUT2D eigenvalue weighted by Gasteiger charge is 2.23. The van der Waals surface area contributed by atoms with E-state index in [2.05, 4.69) is 24.5 Å². The number of amides is 4. The number of likely N-dealkylation sites (tertiary alicyclic amines) is 2. The van der Waals surface area contributed by atoms with Gasteiger partial charge >= 0.3 is 0 Å². The van der Waals surface area contributed by atoms with E-state index in [4.69, 9.17) is 0 Å². The fraction of sp³-hybridized carbons (Fsp3) is 0.467. The molecule has 2 aromatic carbocycles. The maximum absolute atomic E-state index is 12.8. The molecule has 0 bridgehead atoms. The zero-order chi connectivity index (χ0) is 27.1. The van der Waals surface area contributed by atoms with Crippen LogP contribution in [0.15, 0.2) is 48.5 Å². The molecule has 2 fully saturated rings. The third kappa shape index (κ3) is 7.43. The van der Waals surface area contributed by atoms with E-state index in [-0.39, 0.29) is 36.5 Å². The van der Waals surface area contributed by atoms with Gasteiger partial charge in [-0.1, -0.05) is 26.0 Å². The second-order valence-corrected chi connectivity index (χ2v) is 10.7. The van der Waals surface area contributed by atoms with Crippen LogP contribution in [0.5, 0.6) is 0 Å². The van der Waals surface area contributed by atoms with Gasteiger partial charge in [-0.25, -0.2) is 0 Å². The minimum Gasteiger partial charge on any atom is -0.339 e. The highest BCUT2D eigenvalue weighted by molar-refractivity contribution is 6.00. The molecule has 38 heavy (non-hydrogen) atoms. The number of carbonyl (C=O) groups is 4. The lowest BCUT2D eigenvalue weighted by atomic mass is 9.98. The van der Waals surface area contributed by atoms with Crippen LogP contribution in [0.2, 0.25) is 0 Å². The molecule has 2 N–H and O–H groups in total. The predicted octanol–water partition coefficient (Wildman–Crippen LogP) is 4.79. The number of piperidine rings is 2. The van der Waals surface area contributed by atoms with E-state index in [1.165, 1.54) is 0 Å². The third-order valence-electron chi connectivity index (χ3n) is 7.51. The number of carbonyl (C=O) groups excluding carboxylic acids is 4. The summed E-state index contributed by atoms with van der Waals surface area (Å²) >= 11 is 0. The van der Waals surface area contributed by atoms with Gasteiger partial charge in [-0.2, -0.15) is 0 Å². The van der Waals surface area contributed by atoms with Gasteiger partial charge in [0.25, 0.3) is 11.8 Å². The molecule has 8 heteroatoms. The zero-order valence-corrected chi connectivity index (χ0v) is 22.4. The van der Waals surface area contributed by atoms with Gasteiger partial charge in [0.1, 0.15) is 0 Å². The predicted molar refractivity (Wildman–Crippen MR) is 148 cm³/mol. The summed E-state index contributed by atoms with van der Waals surface area (Å²) in [7, 11) is 0. The Morgan fingerprint density at radius 1 is 0.658 bits per heavy atom. The molecule has 2 saturated heterocycles. The molecule has 4 amide bonds. The van der Waals surface area contributed by atoms with Crippen LogP contribution in [0, 0.1) is 11.8 Å². The maximum atomic E-state index is 12.8. The quantitative estimate of drug-likeness (QED) is 0.551. The van der Waals surface area contributed by atoms with E-state index in [0.29, 0.717) is 34.3 Å². The highest BCUT2D eigenvalue weighted by Crippen LogP contribution is 2.21. The summed E-state index contributed by atoms with van der Waals surface area (Å²) in [5, 5.41) is 5.58. The molecule has 2 aliphatic rings. The van der Waals surface area contributed by atoms with Crippen LogP contribution in [-0.4, -0.2) is 59.6 Å². The Balaban J connectivity index is 1.25. The summed E-state index contributed by atoms with van der Waals surface area (Å²) in [5.74, 6) is 0.610. The fourth-order valence-electron chi connectivity index (χ4n) is 4.92. The first-order valence-electron chi connectivity index (χ1n) is 13.7. The fourth-order valence-corrected chi connectivity index (χ4v) is 4.92. The number of hydrogen-bond donors (Lipinski definition) is 2. The molecule has 0 spiro atoms. The molecule has 0 aliphatic carbocycles. The molecular weight excluding hydrogens is 480 g/mol. The minimum atomic E-state index is -0.306. The van der Waals surface area contributed by atoms with Crippen molar-refractivity contribution in [2.75, 3.05) is 36.8 Å². The first-order valence-corrected chi connectivity index (χ1v) is 13.7. The summed E-state index contributed by atoms with van der Waals surface area (Å²) in [4.78, 5) is 54.4. The van der Waals surface area contributed by atoms with E-state index in [0.717, 1.165) is 51.9 Å². The van der Waals surface area contributed by atoms with E-state index in [1.54, 1.807) is 48.5 Å². The van der Waals surface area contributed by atoms with Gasteiger partial charge in [-0.3, -0.25) is 19.2 Å². The lowest BCUT2D eigenvalue weighted by molar-refractivity contribution is -0.121. The SMILES string of the molecule is CC1CCN(C(=O)c2cccc(NC(=O)CCC(=O)Nc3cccc(C(=O)N4CCC(C)CC4)c3)c2)CC1. The molecule has 4 rings (SSSR count). The lowest BCUT2D eigenvalue weighted by Gasteiger charge is -2.30. The normalized spacial score (nSPS) is 16.7.